The fourth-order valence-corrected chi connectivity index (χ4v) is 3.53. The quantitative estimate of drug-likeness (QED) is 0.798. The highest BCUT2D eigenvalue weighted by atomic mass is 16.6. The maximum Gasteiger partial charge on any atom is 0.410 e. The molecule has 1 aromatic heterocycles. The molecule has 31 heavy (non-hydrogen) atoms. The van der Waals surface area contributed by atoms with Gasteiger partial charge in [-0.15, -0.1) is 0 Å². The molecular formula is C24H31N3O4. The summed E-state index contributed by atoms with van der Waals surface area (Å²) in [4.78, 5) is 38.2. The Kier molecular flexibility index (Phi) is 7.15. The summed E-state index contributed by atoms with van der Waals surface area (Å²) in [5.41, 5.74) is 1.48. The van der Waals surface area contributed by atoms with E-state index in [0.717, 1.165) is 11.1 Å². The Hall–Kier alpha value is -3.09. The average Bonchev–Trinajstić information content (AvgIpc) is 2.73. The number of ether oxygens (including phenoxy) is 1. The van der Waals surface area contributed by atoms with Crippen molar-refractivity contribution in [2.45, 2.75) is 52.3 Å². The monoisotopic (exact) mass is 425 g/mol. The molecule has 2 aromatic rings. The summed E-state index contributed by atoms with van der Waals surface area (Å²) in [7, 11) is 0. The van der Waals surface area contributed by atoms with Gasteiger partial charge in [0.15, 0.2) is 0 Å². The van der Waals surface area contributed by atoms with Crippen molar-refractivity contribution in [1.82, 2.24) is 14.8 Å². The van der Waals surface area contributed by atoms with Crippen LogP contribution >= 0.6 is 0 Å². The number of amides is 2. The molecule has 0 aliphatic carbocycles. The van der Waals surface area contributed by atoms with Crippen LogP contribution in [0.15, 0.2) is 53.5 Å². The number of carbonyl (C=O) groups excluding carboxylic acids is 2. The van der Waals surface area contributed by atoms with Gasteiger partial charge in [-0.25, -0.2) is 4.79 Å². The van der Waals surface area contributed by atoms with E-state index in [1.165, 1.54) is 0 Å². The molecule has 1 fully saturated rings. The Bertz CT molecular complexity index is 952. The maximum atomic E-state index is 12.5. The molecule has 0 spiro atoms. The van der Waals surface area contributed by atoms with Crippen LogP contribution < -0.4 is 10.9 Å². The molecule has 2 amide bonds. The van der Waals surface area contributed by atoms with Crippen molar-refractivity contribution in [3.8, 4) is 0 Å². The van der Waals surface area contributed by atoms with Crippen LogP contribution in [0.1, 0.15) is 44.7 Å². The molecule has 7 nitrogen and oxygen atoms in total. The van der Waals surface area contributed by atoms with Crippen LogP contribution in [0.25, 0.3) is 0 Å². The van der Waals surface area contributed by atoms with E-state index in [1.807, 2.05) is 51.1 Å². The Morgan fingerprint density at radius 3 is 2.29 bits per heavy atom. The van der Waals surface area contributed by atoms with Gasteiger partial charge in [-0.2, -0.15) is 0 Å². The van der Waals surface area contributed by atoms with Gasteiger partial charge in [0.05, 0.1) is 6.54 Å². The smallest absolute Gasteiger partial charge is 0.410 e. The number of piperidine rings is 1. The minimum atomic E-state index is -0.516. The zero-order chi connectivity index (χ0) is 22.4. The zero-order valence-electron chi connectivity index (χ0n) is 18.5. The molecule has 0 saturated carbocycles. The number of rotatable bonds is 5. The summed E-state index contributed by atoms with van der Waals surface area (Å²) >= 11 is 0. The number of pyridine rings is 1. The lowest BCUT2D eigenvalue weighted by Crippen LogP contribution is -2.44. The summed E-state index contributed by atoms with van der Waals surface area (Å²) in [6.07, 6.45) is 2.72. The van der Waals surface area contributed by atoms with Crippen molar-refractivity contribution < 1.29 is 14.3 Å². The van der Waals surface area contributed by atoms with E-state index in [9.17, 15) is 14.4 Å². The van der Waals surface area contributed by atoms with Gasteiger partial charge in [-0.3, -0.25) is 9.59 Å². The Labute approximate surface area is 183 Å². The van der Waals surface area contributed by atoms with E-state index in [-0.39, 0.29) is 23.5 Å². The minimum absolute atomic E-state index is 0.0174. The van der Waals surface area contributed by atoms with Gasteiger partial charge >= 0.3 is 6.09 Å². The van der Waals surface area contributed by atoms with Crippen molar-refractivity contribution in [3.63, 3.8) is 0 Å². The molecule has 0 atom stereocenters. The third-order valence-corrected chi connectivity index (χ3v) is 5.26. The second kappa shape index (κ2) is 9.81. The van der Waals surface area contributed by atoms with Crippen LogP contribution in [0.4, 0.5) is 4.79 Å². The first-order valence-corrected chi connectivity index (χ1v) is 10.7. The second-order valence-electron chi connectivity index (χ2n) is 8.94. The SMILES string of the molecule is CC(C)(C)OC(=O)N1CCC(C(=O)NCc2ccc(Cn3ccccc3=O)cc2)CC1. The van der Waals surface area contributed by atoms with Gasteiger partial charge < -0.3 is 19.5 Å². The first-order chi connectivity index (χ1) is 14.7. The van der Waals surface area contributed by atoms with Crippen LogP contribution in [0, 0.1) is 5.92 Å². The van der Waals surface area contributed by atoms with Crippen molar-refractivity contribution in [1.29, 1.82) is 0 Å². The third-order valence-electron chi connectivity index (χ3n) is 5.26. The summed E-state index contributed by atoms with van der Waals surface area (Å²) in [6, 6.07) is 13.0. The maximum absolute atomic E-state index is 12.5. The van der Waals surface area contributed by atoms with Gasteiger partial charge in [0.1, 0.15) is 5.60 Å². The number of hydrogen-bond donors (Lipinski definition) is 1. The van der Waals surface area contributed by atoms with Crippen LogP contribution in [0.3, 0.4) is 0 Å². The van der Waals surface area contributed by atoms with Gasteiger partial charge in [0.2, 0.25) is 5.91 Å². The van der Waals surface area contributed by atoms with Crippen molar-refractivity contribution in [2.24, 2.45) is 5.92 Å². The lowest BCUT2D eigenvalue weighted by Gasteiger charge is -2.32. The predicted octanol–water partition coefficient (Wildman–Crippen LogP) is 3.16. The molecule has 2 heterocycles. The molecule has 166 valence electrons. The van der Waals surface area contributed by atoms with E-state index < -0.39 is 5.60 Å². The molecule has 3 rings (SSSR count). The molecule has 1 aliphatic heterocycles. The number of nitrogens with one attached hydrogen (secondary N) is 1. The third kappa shape index (κ3) is 6.70. The number of likely N-dealkylation sites (tertiary alicyclic amines) is 1. The normalized spacial score (nSPS) is 14.9. The molecule has 0 unspecified atom stereocenters. The number of hydrogen-bond acceptors (Lipinski definition) is 4. The van der Waals surface area contributed by atoms with Gasteiger partial charge in [0.25, 0.3) is 5.56 Å². The van der Waals surface area contributed by atoms with E-state index in [1.54, 1.807) is 27.8 Å². The average molecular weight is 426 g/mol. The van der Waals surface area contributed by atoms with Crippen LogP contribution in [0.5, 0.6) is 0 Å². The lowest BCUT2D eigenvalue weighted by atomic mass is 9.96. The van der Waals surface area contributed by atoms with E-state index in [4.69, 9.17) is 4.74 Å². The summed E-state index contributed by atoms with van der Waals surface area (Å²) < 4.78 is 7.05. The zero-order valence-corrected chi connectivity index (χ0v) is 18.5. The fourth-order valence-electron chi connectivity index (χ4n) is 3.53. The number of nitrogens with zero attached hydrogens (tertiary/aromatic N) is 2. The molecule has 0 bridgehead atoms. The number of benzene rings is 1. The second-order valence-corrected chi connectivity index (χ2v) is 8.94. The van der Waals surface area contributed by atoms with E-state index >= 15 is 0 Å². The Balaban J connectivity index is 1.44. The van der Waals surface area contributed by atoms with Crippen LogP contribution in [-0.4, -0.2) is 40.2 Å². The molecule has 1 aliphatic rings. The van der Waals surface area contributed by atoms with Gasteiger partial charge in [-0.05, 0) is 50.8 Å². The molecule has 1 N–H and O–H groups in total. The Morgan fingerprint density at radius 2 is 1.68 bits per heavy atom. The van der Waals surface area contributed by atoms with Crippen LogP contribution in [-0.2, 0) is 22.6 Å². The first kappa shape index (κ1) is 22.6. The number of aromatic nitrogens is 1. The summed E-state index contributed by atoms with van der Waals surface area (Å²) in [6.45, 7) is 7.57. The highest BCUT2D eigenvalue weighted by molar-refractivity contribution is 5.79. The predicted molar refractivity (Wildman–Crippen MR) is 119 cm³/mol. The van der Waals surface area contributed by atoms with Gasteiger partial charge in [0, 0.05) is 37.8 Å². The first-order valence-electron chi connectivity index (χ1n) is 10.7. The lowest BCUT2D eigenvalue weighted by molar-refractivity contribution is -0.126. The van der Waals surface area contributed by atoms with Crippen LogP contribution in [0.2, 0.25) is 0 Å². The molecule has 1 saturated heterocycles. The fraction of sp³-hybridized carbons (Fsp3) is 0.458. The van der Waals surface area contributed by atoms with Crippen molar-refractivity contribution >= 4 is 12.0 Å². The molecular weight excluding hydrogens is 394 g/mol. The van der Waals surface area contributed by atoms with E-state index in [0.29, 0.717) is 39.0 Å². The van der Waals surface area contributed by atoms with Gasteiger partial charge in [-0.1, -0.05) is 30.3 Å². The Morgan fingerprint density at radius 1 is 1.03 bits per heavy atom. The highest BCUT2D eigenvalue weighted by Crippen LogP contribution is 2.20. The minimum Gasteiger partial charge on any atom is -0.444 e. The van der Waals surface area contributed by atoms with Crippen molar-refractivity contribution in [2.75, 3.05) is 13.1 Å². The van der Waals surface area contributed by atoms with Crippen molar-refractivity contribution in [3.05, 3.63) is 70.1 Å². The topological polar surface area (TPSA) is 80.6 Å². The standard InChI is InChI=1S/C24H31N3O4/c1-24(2,3)31-23(30)26-14-11-20(12-15-26)22(29)25-16-18-7-9-19(10-8-18)17-27-13-5-4-6-21(27)28/h4-10,13,20H,11-12,14-17H2,1-3H3,(H,25,29). The summed E-state index contributed by atoms with van der Waals surface area (Å²) in [5, 5.41) is 3.00. The molecule has 1 aromatic carbocycles. The largest absolute Gasteiger partial charge is 0.444 e. The molecule has 7 heteroatoms. The highest BCUT2D eigenvalue weighted by Gasteiger charge is 2.29. The summed E-state index contributed by atoms with van der Waals surface area (Å²) in [5.74, 6) is -0.0772. The molecule has 0 radical (unpaired) electrons. The van der Waals surface area contributed by atoms with E-state index in [2.05, 4.69) is 5.32 Å². The number of carbonyl (C=O) groups is 2.